The van der Waals surface area contributed by atoms with Crippen molar-refractivity contribution in [2.45, 2.75) is 32.2 Å². The van der Waals surface area contributed by atoms with Crippen molar-refractivity contribution in [2.24, 2.45) is 0 Å². The van der Waals surface area contributed by atoms with Crippen molar-refractivity contribution < 1.29 is 22.7 Å². The number of ether oxygens (including phenoxy) is 1. The number of aromatic nitrogens is 2. The largest absolute Gasteiger partial charge is 0.451 e. The molecule has 1 aliphatic rings. The topological polar surface area (TPSA) is 98.0 Å². The highest BCUT2D eigenvalue weighted by atomic mass is 32.2. The molecule has 0 spiro atoms. The Labute approximate surface area is 158 Å². The number of esters is 1. The normalized spacial score (nSPS) is 18.5. The minimum absolute atomic E-state index is 0.0250. The Morgan fingerprint density at radius 2 is 2.19 bits per heavy atom. The summed E-state index contributed by atoms with van der Waals surface area (Å²) >= 11 is 0. The van der Waals surface area contributed by atoms with Crippen LogP contribution in [0.3, 0.4) is 0 Å². The van der Waals surface area contributed by atoms with E-state index in [9.17, 15) is 18.0 Å². The van der Waals surface area contributed by atoms with Gasteiger partial charge in [-0.1, -0.05) is 19.4 Å². The number of fused-ring (bicyclic) bond motifs is 1. The van der Waals surface area contributed by atoms with Crippen molar-refractivity contribution >= 4 is 27.4 Å². The summed E-state index contributed by atoms with van der Waals surface area (Å²) in [6.45, 7) is 2.03. The molecule has 0 radical (unpaired) electrons. The second-order valence-electron chi connectivity index (χ2n) is 6.67. The summed E-state index contributed by atoms with van der Waals surface area (Å²) in [6.07, 6.45) is 5.38. The fraction of sp³-hybridized carbons (Fsp3) is 0.500. The first-order valence-electron chi connectivity index (χ1n) is 9.00. The molecule has 1 aliphatic heterocycles. The van der Waals surface area contributed by atoms with Crippen LogP contribution >= 0.6 is 0 Å². The Hall–Kier alpha value is -2.42. The average molecular weight is 393 g/mol. The minimum Gasteiger partial charge on any atom is -0.451 e. The molecule has 8 nitrogen and oxygen atoms in total. The van der Waals surface area contributed by atoms with E-state index in [-0.39, 0.29) is 29.1 Å². The SMILES string of the molecule is CCCCN(C(=O)COC(=O)c1cn2ccccc2n1)C1CCS(=O)(=O)C1. The maximum atomic E-state index is 12.6. The van der Waals surface area contributed by atoms with Gasteiger partial charge in [-0.3, -0.25) is 4.79 Å². The van der Waals surface area contributed by atoms with E-state index >= 15 is 0 Å². The van der Waals surface area contributed by atoms with Gasteiger partial charge in [-0.25, -0.2) is 18.2 Å². The summed E-state index contributed by atoms with van der Waals surface area (Å²) in [5.74, 6) is -0.985. The summed E-state index contributed by atoms with van der Waals surface area (Å²) < 4.78 is 30.3. The van der Waals surface area contributed by atoms with Crippen LogP contribution in [0.5, 0.6) is 0 Å². The van der Waals surface area contributed by atoms with Gasteiger partial charge in [0.05, 0.1) is 11.5 Å². The Bertz CT molecular complexity index is 904. The van der Waals surface area contributed by atoms with E-state index in [1.807, 2.05) is 19.1 Å². The fourth-order valence-electron chi connectivity index (χ4n) is 3.18. The summed E-state index contributed by atoms with van der Waals surface area (Å²) in [5, 5.41) is 0. The van der Waals surface area contributed by atoms with Crippen molar-refractivity contribution in [1.29, 1.82) is 0 Å². The van der Waals surface area contributed by atoms with E-state index < -0.39 is 22.4 Å². The van der Waals surface area contributed by atoms with Gasteiger partial charge in [-0.05, 0) is 25.0 Å². The molecule has 1 amide bonds. The zero-order valence-electron chi connectivity index (χ0n) is 15.2. The number of sulfone groups is 1. The van der Waals surface area contributed by atoms with Crippen molar-refractivity contribution in [1.82, 2.24) is 14.3 Å². The van der Waals surface area contributed by atoms with Gasteiger partial charge in [0.1, 0.15) is 5.65 Å². The van der Waals surface area contributed by atoms with Gasteiger partial charge in [0.25, 0.3) is 5.91 Å². The minimum atomic E-state index is -3.10. The number of hydrogen-bond acceptors (Lipinski definition) is 6. The van der Waals surface area contributed by atoms with Crippen LogP contribution in [0.1, 0.15) is 36.7 Å². The van der Waals surface area contributed by atoms with E-state index in [4.69, 9.17) is 4.74 Å². The number of pyridine rings is 1. The molecule has 0 bridgehead atoms. The Morgan fingerprint density at radius 1 is 1.37 bits per heavy atom. The lowest BCUT2D eigenvalue weighted by Gasteiger charge is -2.28. The van der Waals surface area contributed by atoms with Gasteiger partial charge >= 0.3 is 5.97 Å². The molecule has 3 rings (SSSR count). The maximum Gasteiger partial charge on any atom is 0.359 e. The number of imidazole rings is 1. The Kier molecular flexibility index (Phi) is 5.79. The second-order valence-corrected chi connectivity index (χ2v) is 8.89. The number of carbonyl (C=O) groups excluding carboxylic acids is 2. The van der Waals surface area contributed by atoms with Crippen LogP contribution in [0, 0.1) is 0 Å². The van der Waals surface area contributed by atoms with E-state index in [1.165, 1.54) is 0 Å². The van der Waals surface area contributed by atoms with E-state index in [1.54, 1.807) is 27.8 Å². The number of carbonyl (C=O) groups is 2. The van der Waals surface area contributed by atoms with E-state index in [2.05, 4.69) is 4.98 Å². The lowest BCUT2D eigenvalue weighted by Crippen LogP contribution is -2.43. The smallest absolute Gasteiger partial charge is 0.359 e. The van der Waals surface area contributed by atoms with Crippen molar-refractivity contribution in [3.05, 3.63) is 36.3 Å². The molecule has 0 N–H and O–H groups in total. The molecule has 2 aromatic heterocycles. The van der Waals surface area contributed by atoms with E-state index in [0.29, 0.717) is 18.6 Å². The van der Waals surface area contributed by atoms with Crippen LogP contribution in [0.4, 0.5) is 0 Å². The highest BCUT2D eigenvalue weighted by Crippen LogP contribution is 2.19. The van der Waals surface area contributed by atoms with Crippen LogP contribution in [0.25, 0.3) is 5.65 Å². The average Bonchev–Trinajstić information content (AvgIpc) is 3.23. The molecule has 0 saturated carbocycles. The highest BCUT2D eigenvalue weighted by Gasteiger charge is 2.34. The van der Waals surface area contributed by atoms with Gasteiger partial charge < -0.3 is 14.0 Å². The number of nitrogens with zero attached hydrogens (tertiary/aromatic N) is 3. The lowest BCUT2D eigenvalue weighted by atomic mass is 10.2. The molecule has 146 valence electrons. The number of rotatable bonds is 7. The molecule has 27 heavy (non-hydrogen) atoms. The standard InChI is InChI=1S/C18H23N3O5S/c1-2-3-9-21(14-7-10-27(24,25)13-14)17(22)12-26-18(23)15-11-20-8-5-4-6-16(20)19-15/h4-6,8,11,14H,2-3,7,9-10,12-13H2,1H3. The van der Waals surface area contributed by atoms with Crippen LogP contribution in [-0.2, 0) is 19.4 Å². The predicted molar refractivity (Wildman–Crippen MR) is 99.2 cm³/mol. The van der Waals surface area contributed by atoms with Crippen LogP contribution in [-0.4, -0.2) is 65.3 Å². The zero-order valence-corrected chi connectivity index (χ0v) is 16.0. The molecule has 9 heteroatoms. The van der Waals surface area contributed by atoms with Gasteiger partial charge in [0.15, 0.2) is 22.1 Å². The van der Waals surface area contributed by atoms with Crippen LogP contribution in [0.15, 0.2) is 30.6 Å². The summed E-state index contributed by atoms with van der Waals surface area (Å²) in [6, 6.07) is 5.04. The third-order valence-electron chi connectivity index (χ3n) is 4.62. The third-order valence-corrected chi connectivity index (χ3v) is 6.37. The molecule has 3 heterocycles. The highest BCUT2D eigenvalue weighted by molar-refractivity contribution is 7.91. The van der Waals surface area contributed by atoms with Gasteiger partial charge in [-0.15, -0.1) is 0 Å². The molecule has 1 atom stereocenters. The maximum absolute atomic E-state index is 12.6. The van der Waals surface area contributed by atoms with Gasteiger partial charge in [0.2, 0.25) is 0 Å². The fourth-order valence-corrected chi connectivity index (χ4v) is 4.91. The molecule has 1 fully saturated rings. The summed E-state index contributed by atoms with van der Waals surface area (Å²) in [5.41, 5.74) is 0.731. The number of amides is 1. The van der Waals surface area contributed by atoms with Crippen LogP contribution in [0.2, 0.25) is 0 Å². The lowest BCUT2D eigenvalue weighted by molar-refractivity contribution is -0.136. The second kappa shape index (κ2) is 8.08. The van der Waals surface area contributed by atoms with Crippen molar-refractivity contribution in [2.75, 3.05) is 24.7 Å². The molecular formula is C18H23N3O5S. The zero-order chi connectivity index (χ0) is 19.4. The molecule has 0 aromatic carbocycles. The quantitative estimate of drug-likeness (QED) is 0.658. The van der Waals surface area contributed by atoms with Crippen molar-refractivity contribution in [3.8, 4) is 0 Å². The number of hydrogen-bond donors (Lipinski definition) is 0. The van der Waals surface area contributed by atoms with Crippen LogP contribution < -0.4 is 0 Å². The van der Waals surface area contributed by atoms with Gasteiger partial charge in [0, 0.05) is 25.0 Å². The third kappa shape index (κ3) is 4.65. The number of unbranched alkanes of at least 4 members (excludes halogenated alkanes) is 1. The summed E-state index contributed by atoms with van der Waals surface area (Å²) in [7, 11) is -3.10. The molecule has 1 saturated heterocycles. The Morgan fingerprint density at radius 3 is 2.85 bits per heavy atom. The first-order chi connectivity index (χ1) is 12.9. The molecule has 0 aliphatic carbocycles. The monoisotopic (exact) mass is 393 g/mol. The van der Waals surface area contributed by atoms with Crippen molar-refractivity contribution in [3.63, 3.8) is 0 Å². The first kappa shape index (κ1) is 19.3. The predicted octanol–water partition coefficient (Wildman–Crippen LogP) is 1.31. The molecular weight excluding hydrogens is 370 g/mol. The summed E-state index contributed by atoms with van der Waals surface area (Å²) in [4.78, 5) is 30.5. The Balaban J connectivity index is 1.63. The van der Waals surface area contributed by atoms with E-state index in [0.717, 1.165) is 12.8 Å². The van der Waals surface area contributed by atoms with Gasteiger partial charge in [-0.2, -0.15) is 0 Å². The molecule has 2 aromatic rings. The first-order valence-corrected chi connectivity index (χ1v) is 10.8. The molecule has 1 unspecified atom stereocenters.